The summed E-state index contributed by atoms with van der Waals surface area (Å²) in [6, 6.07) is 7.31. The van der Waals surface area contributed by atoms with Crippen LogP contribution in [0.4, 0.5) is 4.39 Å². The molecule has 0 aromatic heterocycles. The van der Waals surface area contributed by atoms with Crippen molar-refractivity contribution < 1.29 is 13.9 Å². The van der Waals surface area contributed by atoms with Crippen LogP contribution in [-0.4, -0.2) is 39.0 Å². The first kappa shape index (κ1) is 15.2. The fraction of sp³-hybridized carbons (Fsp3) is 0.600. The molecule has 0 radical (unpaired) electrons. The van der Waals surface area contributed by atoms with E-state index in [1.165, 1.54) is 13.5 Å². The number of alkyl halides is 1. The van der Waals surface area contributed by atoms with Gasteiger partial charge in [-0.15, -0.1) is 0 Å². The van der Waals surface area contributed by atoms with Gasteiger partial charge in [0, 0.05) is 13.2 Å². The molecule has 0 spiro atoms. The minimum atomic E-state index is -0.644. The summed E-state index contributed by atoms with van der Waals surface area (Å²) >= 11 is 0. The van der Waals surface area contributed by atoms with Gasteiger partial charge in [-0.25, -0.2) is 4.39 Å². The third-order valence-electron chi connectivity index (χ3n) is 3.64. The van der Waals surface area contributed by atoms with E-state index < -0.39 is 18.8 Å². The second kappa shape index (κ2) is 7.57. The van der Waals surface area contributed by atoms with E-state index in [1.807, 2.05) is 24.3 Å². The lowest BCUT2D eigenvalue weighted by molar-refractivity contribution is 0.0720. The number of benzene rings is 1. The second-order valence-corrected chi connectivity index (χ2v) is 5.15. The third kappa shape index (κ3) is 3.91. The fourth-order valence-electron chi connectivity index (χ4n) is 2.49. The van der Waals surface area contributed by atoms with Crippen molar-refractivity contribution in [2.45, 2.75) is 31.0 Å². The van der Waals surface area contributed by atoms with Gasteiger partial charge in [-0.05, 0) is 37.1 Å². The molecule has 3 N–H and O–H groups in total. The van der Waals surface area contributed by atoms with Gasteiger partial charge in [0.25, 0.3) is 0 Å². The monoisotopic (exact) mass is 282 g/mol. The topological polar surface area (TPSA) is 56.5 Å². The van der Waals surface area contributed by atoms with Crippen LogP contribution in [0.1, 0.15) is 24.5 Å². The van der Waals surface area contributed by atoms with E-state index >= 15 is 0 Å². The summed E-state index contributed by atoms with van der Waals surface area (Å²) in [7, 11) is 1.54. The molecule has 1 aliphatic heterocycles. The molecule has 1 aromatic carbocycles. The molecule has 112 valence electrons. The third-order valence-corrected chi connectivity index (χ3v) is 3.64. The molecule has 1 fully saturated rings. The van der Waals surface area contributed by atoms with Crippen molar-refractivity contribution in [3.05, 3.63) is 29.8 Å². The van der Waals surface area contributed by atoms with Crippen LogP contribution in [0.3, 0.4) is 0 Å². The number of rotatable bonds is 7. The molecular formula is C15H23FN2O2. The molecule has 0 aliphatic carbocycles. The Morgan fingerprint density at radius 3 is 2.70 bits per heavy atom. The molecule has 4 nitrogen and oxygen atoms in total. The van der Waals surface area contributed by atoms with E-state index in [9.17, 15) is 4.39 Å². The molecule has 1 heterocycles. The smallest absolute Gasteiger partial charge is 0.119 e. The van der Waals surface area contributed by atoms with E-state index in [4.69, 9.17) is 15.2 Å². The van der Waals surface area contributed by atoms with Crippen molar-refractivity contribution in [2.75, 3.05) is 26.9 Å². The van der Waals surface area contributed by atoms with Crippen LogP contribution in [0.2, 0.25) is 0 Å². The largest absolute Gasteiger partial charge is 0.492 e. The number of nitrogens with two attached hydrogens (primary N) is 1. The van der Waals surface area contributed by atoms with E-state index in [-0.39, 0.29) is 0 Å². The number of hydrogen-bond acceptors (Lipinski definition) is 4. The molecule has 5 heteroatoms. The quantitative estimate of drug-likeness (QED) is 0.800. The van der Waals surface area contributed by atoms with Crippen molar-refractivity contribution in [1.82, 2.24) is 5.32 Å². The summed E-state index contributed by atoms with van der Waals surface area (Å²) in [4.78, 5) is 0. The summed E-state index contributed by atoms with van der Waals surface area (Å²) in [5, 5.41) is 3.38. The van der Waals surface area contributed by atoms with Gasteiger partial charge in [0.15, 0.2) is 0 Å². The van der Waals surface area contributed by atoms with Crippen LogP contribution in [0.5, 0.6) is 5.75 Å². The van der Waals surface area contributed by atoms with Crippen molar-refractivity contribution in [3.8, 4) is 5.75 Å². The predicted octanol–water partition coefficient (Wildman–Crippen LogP) is 1.80. The van der Waals surface area contributed by atoms with Gasteiger partial charge in [-0.1, -0.05) is 12.1 Å². The van der Waals surface area contributed by atoms with Gasteiger partial charge in [0.1, 0.15) is 19.0 Å². The molecular weight excluding hydrogens is 259 g/mol. The highest BCUT2D eigenvalue weighted by molar-refractivity contribution is 5.29. The molecule has 3 unspecified atom stereocenters. The number of ether oxygens (including phenoxy) is 2. The number of nitrogens with one attached hydrogen (secondary N) is 1. The van der Waals surface area contributed by atoms with Crippen LogP contribution in [0.25, 0.3) is 0 Å². The second-order valence-electron chi connectivity index (χ2n) is 5.15. The SMILES string of the molecule is COC(c1ccc(OCC2CCCN2)cc1)C(N)CF. The summed E-state index contributed by atoms with van der Waals surface area (Å²) in [6.45, 7) is 1.14. The van der Waals surface area contributed by atoms with E-state index in [1.54, 1.807) is 0 Å². The van der Waals surface area contributed by atoms with Gasteiger partial charge in [-0.2, -0.15) is 0 Å². The van der Waals surface area contributed by atoms with E-state index in [0.717, 1.165) is 24.3 Å². The van der Waals surface area contributed by atoms with Crippen molar-refractivity contribution in [2.24, 2.45) is 5.73 Å². The van der Waals surface area contributed by atoms with Gasteiger partial charge < -0.3 is 20.5 Å². The number of halogens is 1. The maximum atomic E-state index is 12.6. The lowest BCUT2D eigenvalue weighted by Crippen LogP contribution is -2.31. The molecule has 2 rings (SSSR count). The number of hydrogen-bond donors (Lipinski definition) is 2. The van der Waals surface area contributed by atoms with Gasteiger partial charge in [-0.3, -0.25) is 0 Å². The Bertz CT molecular complexity index is 393. The van der Waals surface area contributed by atoms with Crippen LogP contribution < -0.4 is 15.8 Å². The van der Waals surface area contributed by atoms with Crippen LogP contribution in [-0.2, 0) is 4.74 Å². The molecule has 0 amide bonds. The summed E-state index contributed by atoms with van der Waals surface area (Å²) in [5.41, 5.74) is 6.56. The molecule has 3 atom stereocenters. The van der Waals surface area contributed by atoms with Gasteiger partial charge in [0.05, 0.1) is 12.1 Å². The van der Waals surface area contributed by atoms with E-state index in [2.05, 4.69) is 5.32 Å². The Hall–Kier alpha value is -1.17. The van der Waals surface area contributed by atoms with Crippen LogP contribution in [0, 0.1) is 0 Å². The highest BCUT2D eigenvalue weighted by Gasteiger charge is 2.19. The zero-order chi connectivity index (χ0) is 14.4. The first-order valence-corrected chi connectivity index (χ1v) is 7.05. The zero-order valence-electron chi connectivity index (χ0n) is 11.8. The molecule has 0 saturated carbocycles. The first-order valence-electron chi connectivity index (χ1n) is 7.05. The Morgan fingerprint density at radius 2 is 2.15 bits per heavy atom. The molecule has 1 aliphatic rings. The van der Waals surface area contributed by atoms with E-state index in [0.29, 0.717) is 12.6 Å². The summed E-state index contributed by atoms with van der Waals surface area (Å²) < 4.78 is 23.6. The Labute approximate surface area is 119 Å². The van der Waals surface area contributed by atoms with Crippen molar-refractivity contribution in [1.29, 1.82) is 0 Å². The summed E-state index contributed by atoms with van der Waals surface area (Å²) in [6.07, 6.45) is 1.95. The van der Waals surface area contributed by atoms with Crippen molar-refractivity contribution in [3.63, 3.8) is 0 Å². The molecule has 1 saturated heterocycles. The Morgan fingerprint density at radius 1 is 1.40 bits per heavy atom. The minimum absolute atomic E-state index is 0.425. The standard InChI is InChI=1S/C15H23FN2O2/c1-19-15(14(17)9-16)11-4-6-13(7-5-11)20-10-12-3-2-8-18-12/h4-7,12,14-15,18H,2-3,8-10,17H2,1H3. The highest BCUT2D eigenvalue weighted by atomic mass is 19.1. The predicted molar refractivity (Wildman–Crippen MR) is 76.7 cm³/mol. The van der Waals surface area contributed by atoms with Gasteiger partial charge in [0.2, 0.25) is 0 Å². The molecule has 20 heavy (non-hydrogen) atoms. The lowest BCUT2D eigenvalue weighted by atomic mass is 10.0. The molecule has 1 aromatic rings. The fourth-order valence-corrected chi connectivity index (χ4v) is 2.49. The van der Waals surface area contributed by atoms with Gasteiger partial charge >= 0.3 is 0 Å². The Kier molecular flexibility index (Phi) is 5.76. The van der Waals surface area contributed by atoms with Crippen LogP contribution in [0.15, 0.2) is 24.3 Å². The number of methoxy groups -OCH3 is 1. The normalized spacial score (nSPS) is 21.6. The highest BCUT2D eigenvalue weighted by Crippen LogP contribution is 2.23. The first-order chi connectivity index (χ1) is 9.74. The summed E-state index contributed by atoms with van der Waals surface area (Å²) in [5.74, 6) is 0.811. The van der Waals surface area contributed by atoms with Crippen molar-refractivity contribution >= 4 is 0 Å². The van der Waals surface area contributed by atoms with Crippen LogP contribution >= 0.6 is 0 Å². The maximum absolute atomic E-state index is 12.6. The zero-order valence-corrected chi connectivity index (χ0v) is 11.8. The maximum Gasteiger partial charge on any atom is 0.119 e. The molecule has 0 bridgehead atoms. The average molecular weight is 282 g/mol. The minimum Gasteiger partial charge on any atom is -0.492 e. The average Bonchev–Trinajstić information content (AvgIpc) is 3.00. The Balaban J connectivity index is 1.91. The lowest BCUT2D eigenvalue weighted by Gasteiger charge is -2.21.